The van der Waals surface area contributed by atoms with E-state index < -0.39 is 0 Å². The predicted octanol–water partition coefficient (Wildman–Crippen LogP) is 2.61. The molecular weight excluding hydrogens is 417 g/mol. The van der Waals surface area contributed by atoms with Gasteiger partial charge in [-0.2, -0.15) is 5.10 Å². The Morgan fingerprint density at radius 1 is 1.42 bits per heavy atom. The van der Waals surface area contributed by atoms with Gasteiger partial charge in [-0.05, 0) is 25.3 Å². The standard InChI is InChI=1S/C17H31N5O.HI/c1-4-6-10-23-11-8-19-17(18-5-2)22-9-7-15(14-22)16-12-20-21(3)13-16;/h12-13,15H,4-11,14H2,1-3H3,(H,18,19);1H. The van der Waals surface area contributed by atoms with E-state index in [1.54, 1.807) is 0 Å². The summed E-state index contributed by atoms with van der Waals surface area (Å²) >= 11 is 0. The molecule has 0 radical (unpaired) electrons. The first kappa shape index (κ1) is 21.2. The Kier molecular flexibility index (Phi) is 10.3. The quantitative estimate of drug-likeness (QED) is 0.287. The van der Waals surface area contributed by atoms with Gasteiger partial charge in [0.25, 0.3) is 0 Å². The van der Waals surface area contributed by atoms with Crippen LogP contribution in [-0.4, -0.2) is 60.0 Å². The molecule has 6 nitrogen and oxygen atoms in total. The van der Waals surface area contributed by atoms with Gasteiger partial charge < -0.3 is 15.0 Å². The van der Waals surface area contributed by atoms with Crippen molar-refractivity contribution in [2.45, 2.75) is 39.0 Å². The van der Waals surface area contributed by atoms with Crippen LogP contribution in [0.4, 0.5) is 0 Å². The number of rotatable bonds is 8. The molecule has 1 N–H and O–H groups in total. The van der Waals surface area contributed by atoms with E-state index in [9.17, 15) is 0 Å². The van der Waals surface area contributed by atoms with E-state index in [0.29, 0.717) is 12.5 Å². The van der Waals surface area contributed by atoms with Crippen LogP contribution in [0.25, 0.3) is 0 Å². The normalized spacial score (nSPS) is 17.9. The number of guanidine groups is 1. The van der Waals surface area contributed by atoms with E-state index in [2.05, 4.69) is 35.4 Å². The summed E-state index contributed by atoms with van der Waals surface area (Å²) in [4.78, 5) is 7.07. The minimum atomic E-state index is 0. The maximum absolute atomic E-state index is 5.59. The van der Waals surface area contributed by atoms with Crippen molar-refractivity contribution >= 4 is 29.9 Å². The fraction of sp³-hybridized carbons (Fsp3) is 0.765. The molecule has 0 aliphatic carbocycles. The molecule has 1 aromatic rings. The largest absolute Gasteiger partial charge is 0.380 e. The molecule has 1 aromatic heterocycles. The fourth-order valence-corrected chi connectivity index (χ4v) is 2.87. The number of nitrogens with zero attached hydrogens (tertiary/aromatic N) is 4. The summed E-state index contributed by atoms with van der Waals surface area (Å²) < 4.78 is 7.47. The smallest absolute Gasteiger partial charge is 0.194 e. The van der Waals surface area contributed by atoms with Crippen LogP contribution in [0.1, 0.15) is 44.6 Å². The molecule has 24 heavy (non-hydrogen) atoms. The van der Waals surface area contributed by atoms with Gasteiger partial charge in [0.1, 0.15) is 0 Å². The second-order valence-electron chi connectivity index (χ2n) is 6.08. The molecule has 1 aliphatic heterocycles. The molecule has 7 heteroatoms. The second kappa shape index (κ2) is 11.7. The molecule has 0 saturated carbocycles. The lowest BCUT2D eigenvalue weighted by molar-refractivity contribution is 0.138. The number of aliphatic imine (C=N–C) groups is 1. The molecule has 1 fully saturated rings. The van der Waals surface area contributed by atoms with Crippen LogP contribution in [0.3, 0.4) is 0 Å². The lowest BCUT2D eigenvalue weighted by Crippen LogP contribution is -2.40. The summed E-state index contributed by atoms with van der Waals surface area (Å²) in [5.41, 5.74) is 1.33. The zero-order chi connectivity index (χ0) is 16.5. The maximum Gasteiger partial charge on any atom is 0.194 e. The van der Waals surface area contributed by atoms with Crippen LogP contribution in [0.15, 0.2) is 17.4 Å². The molecular formula is C17H32IN5O. The molecule has 138 valence electrons. The van der Waals surface area contributed by atoms with E-state index in [-0.39, 0.29) is 24.0 Å². The zero-order valence-corrected chi connectivity index (χ0v) is 17.5. The highest BCUT2D eigenvalue weighted by Gasteiger charge is 2.26. The van der Waals surface area contributed by atoms with Crippen molar-refractivity contribution in [3.8, 4) is 0 Å². The van der Waals surface area contributed by atoms with Gasteiger partial charge in [0.15, 0.2) is 5.96 Å². The summed E-state index contributed by atoms with van der Waals surface area (Å²) in [5.74, 6) is 1.56. The van der Waals surface area contributed by atoms with Crippen molar-refractivity contribution in [1.82, 2.24) is 20.0 Å². The fourth-order valence-electron chi connectivity index (χ4n) is 2.87. The third-order valence-corrected chi connectivity index (χ3v) is 4.16. The van der Waals surface area contributed by atoms with Gasteiger partial charge in [-0.3, -0.25) is 9.67 Å². The van der Waals surface area contributed by atoms with Crippen molar-refractivity contribution in [3.63, 3.8) is 0 Å². The van der Waals surface area contributed by atoms with Crippen LogP contribution in [-0.2, 0) is 11.8 Å². The Labute approximate surface area is 163 Å². The third-order valence-electron chi connectivity index (χ3n) is 4.16. The Bertz CT molecular complexity index is 491. The molecule has 1 aliphatic rings. The van der Waals surface area contributed by atoms with Gasteiger partial charge in [-0.1, -0.05) is 13.3 Å². The van der Waals surface area contributed by atoms with E-state index >= 15 is 0 Å². The molecule has 1 unspecified atom stereocenters. The number of aromatic nitrogens is 2. The molecule has 0 amide bonds. The number of ether oxygens (including phenoxy) is 1. The number of hydrogen-bond donors (Lipinski definition) is 1. The van der Waals surface area contributed by atoms with Gasteiger partial charge in [0.05, 0.1) is 19.3 Å². The van der Waals surface area contributed by atoms with Crippen molar-refractivity contribution < 1.29 is 4.74 Å². The minimum absolute atomic E-state index is 0. The second-order valence-corrected chi connectivity index (χ2v) is 6.08. The van der Waals surface area contributed by atoms with Gasteiger partial charge in [-0.25, -0.2) is 0 Å². The monoisotopic (exact) mass is 449 g/mol. The highest BCUT2D eigenvalue weighted by Crippen LogP contribution is 2.26. The van der Waals surface area contributed by atoms with Crippen LogP contribution in [0.2, 0.25) is 0 Å². The van der Waals surface area contributed by atoms with E-state index in [1.807, 2.05) is 17.9 Å². The third kappa shape index (κ3) is 6.58. The molecule has 1 atom stereocenters. The lowest BCUT2D eigenvalue weighted by atomic mass is 10.0. The van der Waals surface area contributed by atoms with Gasteiger partial charge in [0, 0.05) is 45.4 Å². The Morgan fingerprint density at radius 3 is 2.92 bits per heavy atom. The lowest BCUT2D eigenvalue weighted by Gasteiger charge is -2.21. The first-order valence-electron chi connectivity index (χ1n) is 8.84. The maximum atomic E-state index is 5.59. The predicted molar refractivity (Wildman–Crippen MR) is 109 cm³/mol. The topological polar surface area (TPSA) is 54.7 Å². The van der Waals surface area contributed by atoms with Crippen molar-refractivity contribution in [2.24, 2.45) is 12.0 Å². The molecule has 0 spiro atoms. The zero-order valence-electron chi connectivity index (χ0n) is 15.2. The Morgan fingerprint density at radius 2 is 2.25 bits per heavy atom. The minimum Gasteiger partial charge on any atom is -0.380 e. The Balaban J connectivity index is 0.00000288. The summed E-state index contributed by atoms with van der Waals surface area (Å²) in [6.45, 7) is 9.50. The van der Waals surface area contributed by atoms with Gasteiger partial charge >= 0.3 is 0 Å². The highest BCUT2D eigenvalue weighted by molar-refractivity contribution is 14.0. The number of unbranched alkanes of at least 4 members (excludes halogenated alkanes) is 1. The van der Waals surface area contributed by atoms with Crippen molar-refractivity contribution in [2.75, 3.05) is 39.4 Å². The number of likely N-dealkylation sites (tertiary alicyclic amines) is 1. The summed E-state index contributed by atoms with van der Waals surface area (Å²) in [6.07, 6.45) is 7.57. The van der Waals surface area contributed by atoms with Crippen molar-refractivity contribution in [3.05, 3.63) is 18.0 Å². The number of hydrogen-bond acceptors (Lipinski definition) is 3. The molecule has 0 bridgehead atoms. The van der Waals surface area contributed by atoms with Crippen LogP contribution >= 0.6 is 24.0 Å². The van der Waals surface area contributed by atoms with E-state index in [4.69, 9.17) is 9.73 Å². The SMILES string of the molecule is CCCCOCCN=C(NCC)N1CCC(c2cnn(C)c2)C1.I. The van der Waals surface area contributed by atoms with E-state index in [0.717, 1.165) is 51.6 Å². The summed E-state index contributed by atoms with van der Waals surface area (Å²) in [6, 6.07) is 0. The number of aryl methyl sites for hydroxylation is 1. The van der Waals surface area contributed by atoms with Gasteiger partial charge in [-0.15, -0.1) is 24.0 Å². The average molecular weight is 449 g/mol. The highest BCUT2D eigenvalue weighted by atomic mass is 127. The summed E-state index contributed by atoms with van der Waals surface area (Å²) in [7, 11) is 1.97. The van der Waals surface area contributed by atoms with Gasteiger partial charge in [0.2, 0.25) is 0 Å². The molecule has 1 saturated heterocycles. The van der Waals surface area contributed by atoms with Crippen molar-refractivity contribution in [1.29, 1.82) is 0 Å². The summed E-state index contributed by atoms with van der Waals surface area (Å²) in [5, 5.41) is 7.69. The average Bonchev–Trinajstić information content (AvgIpc) is 3.18. The molecule has 2 rings (SSSR count). The van der Waals surface area contributed by atoms with Crippen LogP contribution < -0.4 is 5.32 Å². The first-order valence-corrected chi connectivity index (χ1v) is 8.84. The molecule has 0 aromatic carbocycles. The van der Waals surface area contributed by atoms with E-state index in [1.165, 1.54) is 12.0 Å². The van der Waals surface area contributed by atoms with Crippen LogP contribution in [0, 0.1) is 0 Å². The number of halogens is 1. The Hall–Kier alpha value is -0.830. The van der Waals surface area contributed by atoms with Crippen LogP contribution in [0.5, 0.6) is 0 Å². The molecule has 2 heterocycles. The number of nitrogens with one attached hydrogen (secondary N) is 1. The first-order chi connectivity index (χ1) is 11.2.